The minimum Gasteiger partial charge on any atom is -0.394 e. The van der Waals surface area contributed by atoms with E-state index in [-0.39, 0.29) is 6.61 Å². The summed E-state index contributed by atoms with van der Waals surface area (Å²) in [6.45, 7) is 4.53. The largest absolute Gasteiger partial charge is 0.394 e. The highest BCUT2D eigenvalue weighted by molar-refractivity contribution is 4.93. The lowest BCUT2D eigenvalue weighted by Gasteiger charge is -2.28. The van der Waals surface area contributed by atoms with Gasteiger partial charge in [0, 0.05) is 12.6 Å². The first-order valence-corrected chi connectivity index (χ1v) is 6.73. The molecule has 2 fully saturated rings. The van der Waals surface area contributed by atoms with Gasteiger partial charge in [-0.15, -0.1) is 0 Å². The number of nitrogens with one attached hydrogen (secondary N) is 1. The summed E-state index contributed by atoms with van der Waals surface area (Å²) in [5.41, 5.74) is 0. The van der Waals surface area contributed by atoms with Gasteiger partial charge in [-0.2, -0.15) is 0 Å². The van der Waals surface area contributed by atoms with Crippen molar-refractivity contribution in [3.8, 4) is 0 Å². The van der Waals surface area contributed by atoms with Gasteiger partial charge in [0.1, 0.15) is 0 Å². The first-order valence-electron chi connectivity index (χ1n) is 6.73. The summed E-state index contributed by atoms with van der Waals surface area (Å²) in [4.78, 5) is 0. The Balaban J connectivity index is 1.59. The fourth-order valence-electron chi connectivity index (χ4n) is 3.58. The molecule has 16 heavy (non-hydrogen) atoms. The van der Waals surface area contributed by atoms with E-state index in [1.807, 2.05) is 0 Å². The number of hydrogen-bond donors (Lipinski definition) is 2. The molecule has 2 rings (SSSR count). The maximum absolute atomic E-state index is 8.57. The highest BCUT2D eigenvalue weighted by atomic mass is 16.5. The van der Waals surface area contributed by atoms with Crippen molar-refractivity contribution in [2.45, 2.75) is 38.6 Å². The summed E-state index contributed by atoms with van der Waals surface area (Å²) < 4.78 is 5.25. The van der Waals surface area contributed by atoms with Crippen LogP contribution in [0.15, 0.2) is 0 Å². The fraction of sp³-hybridized carbons (Fsp3) is 1.00. The third-order valence-corrected chi connectivity index (χ3v) is 4.38. The molecular formula is C13H25NO2. The van der Waals surface area contributed by atoms with Crippen LogP contribution in [0, 0.1) is 17.8 Å². The number of rotatable bonds is 7. The molecule has 2 saturated carbocycles. The minimum absolute atomic E-state index is 0.127. The molecule has 0 aliphatic heterocycles. The Morgan fingerprint density at radius 2 is 2.19 bits per heavy atom. The smallest absolute Gasteiger partial charge is 0.0698 e. The lowest BCUT2D eigenvalue weighted by Crippen LogP contribution is -2.38. The summed E-state index contributed by atoms with van der Waals surface area (Å²) in [6.07, 6.45) is 5.86. The number of aliphatic hydroxyl groups is 1. The Labute approximate surface area is 98.6 Å². The van der Waals surface area contributed by atoms with E-state index in [9.17, 15) is 0 Å². The standard InChI is InChI=1S/C13H25NO2/c1-10(14-4-6-16-7-5-15)13-9-11-2-3-12(13)8-11/h10-15H,2-9H2,1H3. The highest BCUT2D eigenvalue weighted by Crippen LogP contribution is 2.49. The molecule has 0 amide bonds. The molecule has 2 bridgehead atoms. The number of ether oxygens (including phenoxy) is 1. The number of aliphatic hydroxyl groups excluding tert-OH is 1. The van der Waals surface area contributed by atoms with E-state index in [0.717, 1.165) is 24.3 Å². The zero-order valence-corrected chi connectivity index (χ0v) is 10.3. The van der Waals surface area contributed by atoms with Gasteiger partial charge in [0.15, 0.2) is 0 Å². The van der Waals surface area contributed by atoms with Crippen LogP contribution in [-0.4, -0.2) is 37.5 Å². The van der Waals surface area contributed by atoms with Crippen molar-refractivity contribution in [1.82, 2.24) is 5.32 Å². The maximum atomic E-state index is 8.57. The highest BCUT2D eigenvalue weighted by Gasteiger charge is 2.41. The molecule has 0 saturated heterocycles. The molecule has 0 heterocycles. The number of fused-ring (bicyclic) bond motifs is 2. The predicted molar refractivity (Wildman–Crippen MR) is 64.3 cm³/mol. The van der Waals surface area contributed by atoms with E-state index in [1.54, 1.807) is 0 Å². The quantitative estimate of drug-likeness (QED) is 0.646. The first-order chi connectivity index (χ1) is 7.81. The monoisotopic (exact) mass is 227 g/mol. The lowest BCUT2D eigenvalue weighted by atomic mass is 9.84. The van der Waals surface area contributed by atoms with E-state index >= 15 is 0 Å². The van der Waals surface area contributed by atoms with E-state index in [1.165, 1.54) is 25.7 Å². The third kappa shape index (κ3) is 2.96. The van der Waals surface area contributed by atoms with Gasteiger partial charge >= 0.3 is 0 Å². The second-order valence-electron chi connectivity index (χ2n) is 5.42. The average Bonchev–Trinajstić information content (AvgIpc) is 2.90. The van der Waals surface area contributed by atoms with Gasteiger partial charge in [-0.05, 0) is 43.9 Å². The van der Waals surface area contributed by atoms with Crippen LogP contribution < -0.4 is 5.32 Å². The molecule has 0 spiro atoms. The molecular weight excluding hydrogens is 202 g/mol. The van der Waals surface area contributed by atoms with Crippen molar-refractivity contribution in [2.75, 3.05) is 26.4 Å². The molecule has 0 radical (unpaired) electrons. The summed E-state index contributed by atoms with van der Waals surface area (Å²) in [5.74, 6) is 2.92. The van der Waals surface area contributed by atoms with Gasteiger partial charge < -0.3 is 15.2 Å². The summed E-state index contributed by atoms with van der Waals surface area (Å²) in [5, 5.41) is 12.1. The van der Waals surface area contributed by atoms with Crippen molar-refractivity contribution in [3.05, 3.63) is 0 Å². The van der Waals surface area contributed by atoms with Gasteiger partial charge in [0.25, 0.3) is 0 Å². The predicted octanol–water partition coefficient (Wildman–Crippen LogP) is 1.41. The number of hydrogen-bond acceptors (Lipinski definition) is 3. The van der Waals surface area contributed by atoms with Crippen LogP contribution in [0.5, 0.6) is 0 Å². The second kappa shape index (κ2) is 5.99. The summed E-state index contributed by atoms with van der Waals surface area (Å²) in [6, 6.07) is 0.632. The van der Waals surface area contributed by atoms with Crippen LogP contribution in [0.1, 0.15) is 32.6 Å². The SMILES string of the molecule is CC(NCCOCCO)C1CC2CCC1C2. The van der Waals surface area contributed by atoms with E-state index < -0.39 is 0 Å². The van der Waals surface area contributed by atoms with Crippen molar-refractivity contribution in [3.63, 3.8) is 0 Å². The Hall–Kier alpha value is -0.120. The van der Waals surface area contributed by atoms with Crippen LogP contribution in [0.2, 0.25) is 0 Å². The zero-order chi connectivity index (χ0) is 11.4. The lowest BCUT2D eigenvalue weighted by molar-refractivity contribution is 0.0907. The fourth-order valence-corrected chi connectivity index (χ4v) is 3.58. The Kier molecular flexibility index (Phi) is 4.62. The van der Waals surface area contributed by atoms with Gasteiger partial charge in [0.2, 0.25) is 0 Å². The second-order valence-corrected chi connectivity index (χ2v) is 5.42. The Morgan fingerprint density at radius 1 is 1.31 bits per heavy atom. The van der Waals surface area contributed by atoms with Crippen molar-refractivity contribution in [2.24, 2.45) is 17.8 Å². The molecule has 94 valence electrons. The molecule has 2 N–H and O–H groups in total. The van der Waals surface area contributed by atoms with Gasteiger partial charge in [-0.25, -0.2) is 0 Å². The van der Waals surface area contributed by atoms with Crippen molar-refractivity contribution in [1.29, 1.82) is 0 Å². The topological polar surface area (TPSA) is 41.5 Å². The Morgan fingerprint density at radius 3 is 2.81 bits per heavy atom. The first kappa shape index (κ1) is 12.3. The van der Waals surface area contributed by atoms with E-state index in [2.05, 4.69) is 12.2 Å². The van der Waals surface area contributed by atoms with Crippen molar-refractivity contribution < 1.29 is 9.84 Å². The van der Waals surface area contributed by atoms with Gasteiger partial charge in [0.05, 0.1) is 19.8 Å². The molecule has 0 aromatic carbocycles. The van der Waals surface area contributed by atoms with Gasteiger partial charge in [-0.1, -0.05) is 6.42 Å². The van der Waals surface area contributed by atoms with E-state index in [4.69, 9.17) is 9.84 Å². The van der Waals surface area contributed by atoms with E-state index in [0.29, 0.717) is 19.3 Å². The molecule has 3 nitrogen and oxygen atoms in total. The summed E-state index contributed by atoms with van der Waals surface area (Å²) >= 11 is 0. The van der Waals surface area contributed by atoms with Crippen LogP contribution >= 0.6 is 0 Å². The molecule has 4 unspecified atom stereocenters. The molecule has 3 heteroatoms. The molecule has 4 atom stereocenters. The van der Waals surface area contributed by atoms with Crippen molar-refractivity contribution >= 4 is 0 Å². The average molecular weight is 227 g/mol. The van der Waals surface area contributed by atoms with Crippen LogP contribution in [0.3, 0.4) is 0 Å². The summed E-state index contributed by atoms with van der Waals surface area (Å²) in [7, 11) is 0. The minimum atomic E-state index is 0.127. The molecule has 2 aliphatic rings. The third-order valence-electron chi connectivity index (χ3n) is 4.38. The van der Waals surface area contributed by atoms with Crippen LogP contribution in [-0.2, 0) is 4.74 Å². The van der Waals surface area contributed by atoms with Crippen LogP contribution in [0.25, 0.3) is 0 Å². The Bertz CT molecular complexity index is 210. The van der Waals surface area contributed by atoms with Gasteiger partial charge in [-0.3, -0.25) is 0 Å². The normalized spacial score (nSPS) is 34.5. The van der Waals surface area contributed by atoms with Crippen LogP contribution in [0.4, 0.5) is 0 Å². The maximum Gasteiger partial charge on any atom is 0.0698 e. The molecule has 2 aliphatic carbocycles. The zero-order valence-electron chi connectivity index (χ0n) is 10.3. The molecule has 0 aromatic rings. The molecule has 0 aromatic heterocycles.